The predicted molar refractivity (Wildman–Crippen MR) is 83.6 cm³/mol. The van der Waals surface area contributed by atoms with Crippen LogP contribution in [0, 0.1) is 13.8 Å². The third-order valence-electron chi connectivity index (χ3n) is 3.25. The van der Waals surface area contributed by atoms with Gasteiger partial charge in [-0.2, -0.15) is 0 Å². The number of ether oxygens (including phenoxy) is 1. The summed E-state index contributed by atoms with van der Waals surface area (Å²) in [4.78, 5) is 11.2. The molecule has 2 aromatic carbocycles. The number of hydrogen-bond donors (Lipinski definition) is 3. The molecule has 0 saturated carbocycles. The van der Waals surface area contributed by atoms with Gasteiger partial charge in [-0.1, -0.05) is 6.07 Å². The van der Waals surface area contributed by atoms with Crippen LogP contribution >= 0.6 is 0 Å². The van der Waals surface area contributed by atoms with Crippen LogP contribution < -0.4 is 15.8 Å². The summed E-state index contributed by atoms with van der Waals surface area (Å²) in [6, 6.07) is 9.07. The van der Waals surface area contributed by atoms with E-state index in [1.807, 2.05) is 31.2 Å². The van der Waals surface area contributed by atoms with Crippen LogP contribution in [0.1, 0.15) is 21.5 Å². The summed E-state index contributed by atoms with van der Waals surface area (Å²) < 4.78 is 5.30. The molecule has 4 N–H and O–H groups in total. The van der Waals surface area contributed by atoms with Gasteiger partial charge in [-0.3, -0.25) is 0 Å². The van der Waals surface area contributed by atoms with Crippen LogP contribution in [0.25, 0.3) is 0 Å². The van der Waals surface area contributed by atoms with Crippen LogP contribution in [0.15, 0.2) is 30.3 Å². The highest BCUT2D eigenvalue weighted by atomic mass is 16.5. The summed E-state index contributed by atoms with van der Waals surface area (Å²) in [6.45, 7) is 3.75. The van der Waals surface area contributed by atoms with Crippen LogP contribution in [0.5, 0.6) is 5.75 Å². The molecule has 0 unspecified atom stereocenters. The van der Waals surface area contributed by atoms with Crippen molar-refractivity contribution in [3.05, 3.63) is 47.0 Å². The van der Waals surface area contributed by atoms with Crippen molar-refractivity contribution in [1.29, 1.82) is 0 Å². The van der Waals surface area contributed by atoms with E-state index in [4.69, 9.17) is 10.5 Å². The summed E-state index contributed by atoms with van der Waals surface area (Å²) in [5.74, 6) is -0.359. The molecule has 110 valence electrons. The first kappa shape index (κ1) is 14.7. The molecule has 0 aliphatic carbocycles. The lowest BCUT2D eigenvalue weighted by Crippen LogP contribution is -2.06. The van der Waals surface area contributed by atoms with Gasteiger partial charge in [0, 0.05) is 11.4 Å². The molecule has 2 aromatic rings. The third-order valence-corrected chi connectivity index (χ3v) is 3.25. The van der Waals surface area contributed by atoms with E-state index in [9.17, 15) is 9.90 Å². The van der Waals surface area contributed by atoms with Crippen molar-refractivity contribution in [1.82, 2.24) is 0 Å². The summed E-state index contributed by atoms with van der Waals surface area (Å²) in [5, 5.41) is 12.4. The number of anilines is 3. The highest BCUT2D eigenvalue weighted by Crippen LogP contribution is 2.31. The smallest absolute Gasteiger partial charge is 0.337 e. The van der Waals surface area contributed by atoms with E-state index in [1.54, 1.807) is 14.0 Å². The second-order valence-electron chi connectivity index (χ2n) is 4.89. The molecular formula is C16H18N2O3. The maximum Gasteiger partial charge on any atom is 0.337 e. The summed E-state index contributed by atoms with van der Waals surface area (Å²) in [7, 11) is 1.59. The molecule has 0 heterocycles. The Labute approximate surface area is 123 Å². The Morgan fingerprint density at radius 2 is 1.95 bits per heavy atom. The fourth-order valence-electron chi connectivity index (χ4n) is 2.12. The maximum atomic E-state index is 11.2. The number of hydrogen-bond acceptors (Lipinski definition) is 4. The van der Waals surface area contributed by atoms with E-state index in [0.29, 0.717) is 17.0 Å². The van der Waals surface area contributed by atoms with Gasteiger partial charge in [-0.05, 0) is 49.2 Å². The highest BCUT2D eigenvalue weighted by Gasteiger charge is 2.13. The van der Waals surface area contributed by atoms with Gasteiger partial charge in [0.15, 0.2) is 0 Å². The van der Waals surface area contributed by atoms with Crippen LogP contribution in [0.4, 0.5) is 17.1 Å². The summed E-state index contributed by atoms with van der Waals surface area (Å²) in [6.07, 6.45) is 0. The zero-order chi connectivity index (χ0) is 15.6. The van der Waals surface area contributed by atoms with Crippen LogP contribution in [-0.4, -0.2) is 18.2 Å². The average molecular weight is 286 g/mol. The summed E-state index contributed by atoms with van der Waals surface area (Å²) >= 11 is 0. The van der Waals surface area contributed by atoms with E-state index in [-0.39, 0.29) is 11.3 Å². The number of carboxylic acids is 1. The molecule has 2 rings (SSSR count). The van der Waals surface area contributed by atoms with Crippen LogP contribution in [-0.2, 0) is 0 Å². The molecule has 0 spiro atoms. The standard InChI is InChI=1S/C16H18N2O3/c1-9-4-5-14(21-3)13(6-9)18-11-7-10(2)15(17)12(8-11)16(19)20/h4-8,18H,17H2,1-3H3,(H,19,20). The Balaban J connectivity index is 2.45. The van der Waals surface area contributed by atoms with Crippen LogP contribution in [0.3, 0.4) is 0 Å². The Kier molecular flexibility index (Phi) is 4.03. The van der Waals surface area contributed by atoms with E-state index >= 15 is 0 Å². The predicted octanol–water partition coefficient (Wildman–Crippen LogP) is 3.34. The lowest BCUT2D eigenvalue weighted by atomic mass is 10.1. The quantitative estimate of drug-likeness (QED) is 0.751. The first-order valence-corrected chi connectivity index (χ1v) is 6.47. The second kappa shape index (κ2) is 5.75. The molecular weight excluding hydrogens is 268 g/mol. The molecule has 0 radical (unpaired) electrons. The number of methoxy groups -OCH3 is 1. The molecule has 5 nitrogen and oxygen atoms in total. The molecule has 0 aliphatic heterocycles. The van der Waals surface area contributed by atoms with Crippen molar-refractivity contribution in [2.45, 2.75) is 13.8 Å². The van der Waals surface area contributed by atoms with Crippen molar-refractivity contribution in [3.8, 4) is 5.75 Å². The zero-order valence-electron chi connectivity index (χ0n) is 12.2. The minimum atomic E-state index is -1.05. The number of carboxylic acid groups (broad SMARTS) is 1. The maximum absolute atomic E-state index is 11.2. The number of nitrogens with one attached hydrogen (secondary N) is 1. The molecule has 0 aromatic heterocycles. The van der Waals surface area contributed by atoms with Gasteiger partial charge in [-0.25, -0.2) is 4.79 Å². The molecule has 21 heavy (non-hydrogen) atoms. The Hall–Kier alpha value is -2.69. The van der Waals surface area contributed by atoms with E-state index < -0.39 is 5.97 Å². The molecule has 0 saturated heterocycles. The largest absolute Gasteiger partial charge is 0.495 e. The fourth-order valence-corrected chi connectivity index (χ4v) is 2.12. The number of benzene rings is 2. The van der Waals surface area contributed by atoms with Gasteiger partial charge < -0.3 is 20.9 Å². The van der Waals surface area contributed by atoms with Crippen molar-refractivity contribution in [3.63, 3.8) is 0 Å². The van der Waals surface area contributed by atoms with E-state index in [1.165, 1.54) is 6.07 Å². The highest BCUT2D eigenvalue weighted by molar-refractivity contribution is 5.96. The Morgan fingerprint density at radius 3 is 2.57 bits per heavy atom. The minimum absolute atomic E-state index is 0.0871. The van der Waals surface area contributed by atoms with Gasteiger partial charge in [0.25, 0.3) is 0 Å². The van der Waals surface area contributed by atoms with Gasteiger partial charge in [0.1, 0.15) is 5.75 Å². The van der Waals surface area contributed by atoms with Gasteiger partial charge in [-0.15, -0.1) is 0 Å². The average Bonchev–Trinajstić information content (AvgIpc) is 2.42. The minimum Gasteiger partial charge on any atom is -0.495 e. The molecule has 0 amide bonds. The number of nitrogens with two attached hydrogens (primary N) is 1. The normalized spacial score (nSPS) is 10.2. The molecule has 0 atom stereocenters. The Morgan fingerprint density at radius 1 is 1.24 bits per heavy atom. The van der Waals surface area contributed by atoms with Crippen molar-refractivity contribution >= 4 is 23.0 Å². The monoisotopic (exact) mass is 286 g/mol. The van der Waals surface area contributed by atoms with Crippen molar-refractivity contribution in [2.75, 3.05) is 18.2 Å². The van der Waals surface area contributed by atoms with Gasteiger partial charge >= 0.3 is 5.97 Å². The van der Waals surface area contributed by atoms with Crippen LogP contribution in [0.2, 0.25) is 0 Å². The zero-order valence-corrected chi connectivity index (χ0v) is 12.2. The second-order valence-corrected chi connectivity index (χ2v) is 4.89. The molecule has 0 bridgehead atoms. The van der Waals surface area contributed by atoms with E-state index in [2.05, 4.69) is 5.32 Å². The Bertz CT molecular complexity index is 696. The van der Waals surface area contributed by atoms with Gasteiger partial charge in [0.05, 0.1) is 18.4 Å². The molecule has 0 fully saturated rings. The van der Waals surface area contributed by atoms with Crippen molar-refractivity contribution < 1.29 is 14.6 Å². The summed E-state index contributed by atoms with van der Waals surface area (Å²) in [5.41, 5.74) is 9.38. The molecule has 5 heteroatoms. The van der Waals surface area contributed by atoms with Gasteiger partial charge in [0.2, 0.25) is 0 Å². The first-order valence-electron chi connectivity index (χ1n) is 6.47. The van der Waals surface area contributed by atoms with Crippen molar-refractivity contribution in [2.24, 2.45) is 0 Å². The number of nitrogen functional groups attached to an aromatic ring is 1. The third kappa shape index (κ3) is 3.08. The topological polar surface area (TPSA) is 84.6 Å². The van der Waals surface area contributed by atoms with E-state index in [0.717, 1.165) is 11.3 Å². The lowest BCUT2D eigenvalue weighted by Gasteiger charge is -2.14. The number of aryl methyl sites for hydroxylation is 2. The first-order chi connectivity index (χ1) is 9.92. The lowest BCUT2D eigenvalue weighted by molar-refractivity contribution is 0.0698. The fraction of sp³-hybridized carbons (Fsp3) is 0.188. The number of aromatic carboxylic acids is 1. The SMILES string of the molecule is COc1ccc(C)cc1Nc1cc(C)c(N)c(C(=O)O)c1. The molecule has 0 aliphatic rings. The number of rotatable bonds is 4. The number of carbonyl (C=O) groups is 1.